The number of likely N-dealkylation sites (tertiary alicyclic amines) is 1. The number of hydrogen-bond acceptors (Lipinski definition) is 3. The van der Waals surface area contributed by atoms with Crippen LogP contribution in [-0.2, 0) is 4.74 Å². The molecule has 0 aromatic rings. The van der Waals surface area contributed by atoms with Crippen LogP contribution in [0, 0.1) is 17.3 Å². The van der Waals surface area contributed by atoms with E-state index in [0.29, 0.717) is 29.3 Å². The summed E-state index contributed by atoms with van der Waals surface area (Å²) >= 11 is 0. The van der Waals surface area contributed by atoms with Crippen LogP contribution in [-0.4, -0.2) is 41.8 Å². The fraction of sp³-hybridized carbons (Fsp3) is 0.941. The van der Waals surface area contributed by atoms with Gasteiger partial charge in [-0.1, -0.05) is 20.3 Å². The summed E-state index contributed by atoms with van der Waals surface area (Å²) in [4.78, 5) is 14.0. The summed E-state index contributed by atoms with van der Waals surface area (Å²) in [6.45, 7) is 12.3. The zero-order valence-electron chi connectivity index (χ0n) is 14.1. The van der Waals surface area contributed by atoms with Crippen molar-refractivity contribution in [2.45, 2.75) is 71.6 Å². The molecule has 4 heteroatoms. The minimum atomic E-state index is -0.393. The lowest BCUT2D eigenvalue weighted by Gasteiger charge is -2.30. The van der Waals surface area contributed by atoms with Crippen LogP contribution in [0.5, 0.6) is 0 Å². The van der Waals surface area contributed by atoms with Crippen molar-refractivity contribution in [3.63, 3.8) is 0 Å². The Balaban J connectivity index is 1.47. The number of amides is 1. The van der Waals surface area contributed by atoms with Crippen LogP contribution in [0.4, 0.5) is 4.79 Å². The third-order valence-corrected chi connectivity index (χ3v) is 5.50. The van der Waals surface area contributed by atoms with Crippen molar-refractivity contribution in [3.05, 3.63) is 0 Å². The van der Waals surface area contributed by atoms with Crippen molar-refractivity contribution in [1.29, 1.82) is 0 Å². The number of nitrogens with zero attached hydrogens (tertiary/aromatic N) is 1. The normalized spacial score (nSPS) is 37.5. The molecule has 3 aliphatic rings. The maximum atomic E-state index is 12.1. The summed E-state index contributed by atoms with van der Waals surface area (Å²) < 4.78 is 5.46. The summed E-state index contributed by atoms with van der Waals surface area (Å²) in [6.07, 6.45) is 3.83. The predicted octanol–water partition coefficient (Wildman–Crippen LogP) is 3.02. The number of piperidine rings is 1. The van der Waals surface area contributed by atoms with Crippen LogP contribution < -0.4 is 5.32 Å². The Hall–Kier alpha value is -0.770. The lowest BCUT2D eigenvalue weighted by Crippen LogP contribution is -2.44. The molecule has 3 unspecified atom stereocenters. The Bertz CT molecular complexity index is 415. The first-order valence-electron chi connectivity index (χ1n) is 8.41. The molecule has 2 saturated carbocycles. The quantitative estimate of drug-likeness (QED) is 0.851. The molecule has 1 aliphatic heterocycles. The van der Waals surface area contributed by atoms with Crippen molar-refractivity contribution < 1.29 is 9.53 Å². The molecule has 1 N–H and O–H groups in total. The molecule has 3 rings (SSSR count). The number of carbonyl (C=O) groups is 1. The molecule has 0 spiro atoms. The molecule has 21 heavy (non-hydrogen) atoms. The van der Waals surface area contributed by atoms with Crippen LogP contribution in [0.25, 0.3) is 0 Å². The Labute approximate surface area is 128 Å². The fourth-order valence-corrected chi connectivity index (χ4v) is 4.12. The highest BCUT2D eigenvalue weighted by atomic mass is 16.6. The van der Waals surface area contributed by atoms with Crippen LogP contribution in [0.2, 0.25) is 0 Å². The van der Waals surface area contributed by atoms with Gasteiger partial charge in [-0.05, 0) is 50.9 Å². The van der Waals surface area contributed by atoms with Crippen molar-refractivity contribution in [2.24, 2.45) is 17.3 Å². The van der Waals surface area contributed by atoms with Gasteiger partial charge in [0, 0.05) is 25.2 Å². The largest absolute Gasteiger partial charge is 0.444 e. The summed E-state index contributed by atoms with van der Waals surface area (Å²) in [6, 6.07) is 1.29. The van der Waals surface area contributed by atoms with Gasteiger partial charge >= 0.3 is 6.09 Å². The number of carbonyl (C=O) groups excluding carboxylic acids is 1. The number of rotatable bonds is 2. The Morgan fingerprint density at radius 2 is 1.86 bits per heavy atom. The molecule has 3 fully saturated rings. The predicted molar refractivity (Wildman–Crippen MR) is 83.1 cm³/mol. The summed E-state index contributed by atoms with van der Waals surface area (Å²) in [5.74, 6) is 1.29. The van der Waals surface area contributed by atoms with Gasteiger partial charge in [-0.25, -0.2) is 4.79 Å². The van der Waals surface area contributed by atoms with Gasteiger partial charge in [0.2, 0.25) is 0 Å². The topological polar surface area (TPSA) is 41.6 Å². The van der Waals surface area contributed by atoms with Crippen LogP contribution >= 0.6 is 0 Å². The average molecular weight is 294 g/mol. The molecule has 2 aliphatic carbocycles. The molecular weight excluding hydrogens is 264 g/mol. The second-order valence-electron chi connectivity index (χ2n) is 8.84. The molecule has 0 bridgehead atoms. The van der Waals surface area contributed by atoms with E-state index in [1.54, 1.807) is 0 Å². The van der Waals surface area contributed by atoms with Gasteiger partial charge in [0.25, 0.3) is 0 Å². The second kappa shape index (κ2) is 4.87. The lowest BCUT2D eigenvalue weighted by atomic mass is 9.87. The Morgan fingerprint density at radius 3 is 2.33 bits per heavy atom. The standard InChI is InChI=1S/C17H30N2O2/c1-16(2,3)21-15(20)19-9-11-12(10-19)14(11)18-13-7-6-8-17(13,4)5/h11-14,18H,6-10H2,1-5H3. The van der Waals surface area contributed by atoms with Crippen LogP contribution in [0.3, 0.4) is 0 Å². The van der Waals surface area contributed by atoms with Crippen molar-refractivity contribution in [3.8, 4) is 0 Å². The average Bonchev–Trinajstić information content (AvgIpc) is 2.71. The van der Waals surface area contributed by atoms with Crippen molar-refractivity contribution >= 4 is 6.09 Å². The third kappa shape index (κ3) is 3.05. The van der Waals surface area contributed by atoms with E-state index < -0.39 is 5.60 Å². The third-order valence-electron chi connectivity index (χ3n) is 5.50. The Kier molecular flexibility index (Phi) is 3.51. The molecule has 4 nitrogen and oxygen atoms in total. The minimum Gasteiger partial charge on any atom is -0.444 e. The number of nitrogens with one attached hydrogen (secondary N) is 1. The lowest BCUT2D eigenvalue weighted by molar-refractivity contribution is 0.0267. The highest BCUT2D eigenvalue weighted by Crippen LogP contribution is 2.48. The van der Waals surface area contributed by atoms with Gasteiger partial charge < -0.3 is 15.0 Å². The second-order valence-corrected chi connectivity index (χ2v) is 8.84. The van der Waals surface area contributed by atoms with E-state index in [2.05, 4.69) is 19.2 Å². The maximum Gasteiger partial charge on any atom is 0.410 e. The van der Waals surface area contributed by atoms with E-state index in [9.17, 15) is 4.79 Å². The highest BCUT2D eigenvalue weighted by Gasteiger charge is 2.58. The molecule has 3 atom stereocenters. The molecule has 1 heterocycles. The first kappa shape index (κ1) is 15.1. The van der Waals surface area contributed by atoms with Gasteiger partial charge in [0.05, 0.1) is 0 Å². The number of hydrogen-bond donors (Lipinski definition) is 1. The summed E-state index contributed by atoms with van der Waals surface area (Å²) in [7, 11) is 0. The molecule has 1 amide bonds. The van der Waals surface area contributed by atoms with E-state index in [4.69, 9.17) is 4.74 Å². The number of ether oxygens (including phenoxy) is 1. The fourth-order valence-electron chi connectivity index (χ4n) is 4.12. The maximum absolute atomic E-state index is 12.1. The molecule has 1 saturated heterocycles. The highest BCUT2D eigenvalue weighted by molar-refractivity contribution is 5.69. The first-order chi connectivity index (χ1) is 9.67. The molecule has 0 aromatic carbocycles. The summed E-state index contributed by atoms with van der Waals surface area (Å²) in [5.41, 5.74) is 0.0388. The van der Waals surface area contributed by atoms with E-state index in [1.807, 2.05) is 25.7 Å². The molecule has 120 valence electrons. The van der Waals surface area contributed by atoms with E-state index in [0.717, 1.165) is 13.1 Å². The van der Waals surface area contributed by atoms with E-state index in [1.165, 1.54) is 19.3 Å². The number of fused-ring (bicyclic) bond motifs is 1. The van der Waals surface area contributed by atoms with Crippen molar-refractivity contribution in [2.75, 3.05) is 13.1 Å². The molecule has 0 radical (unpaired) electrons. The van der Waals surface area contributed by atoms with Crippen LogP contribution in [0.15, 0.2) is 0 Å². The van der Waals surface area contributed by atoms with Crippen LogP contribution in [0.1, 0.15) is 53.9 Å². The SMILES string of the molecule is CC(C)(C)OC(=O)N1CC2C(C1)C2NC1CCCC1(C)C. The summed E-state index contributed by atoms with van der Waals surface area (Å²) in [5, 5.41) is 3.87. The Morgan fingerprint density at radius 1 is 1.24 bits per heavy atom. The molecular formula is C17H30N2O2. The van der Waals surface area contributed by atoms with Crippen molar-refractivity contribution in [1.82, 2.24) is 10.2 Å². The van der Waals surface area contributed by atoms with E-state index >= 15 is 0 Å². The first-order valence-corrected chi connectivity index (χ1v) is 8.41. The monoisotopic (exact) mass is 294 g/mol. The van der Waals surface area contributed by atoms with E-state index in [-0.39, 0.29) is 6.09 Å². The zero-order chi connectivity index (χ0) is 15.4. The zero-order valence-corrected chi connectivity index (χ0v) is 14.1. The van der Waals surface area contributed by atoms with Gasteiger partial charge in [0.15, 0.2) is 0 Å². The smallest absolute Gasteiger partial charge is 0.410 e. The van der Waals surface area contributed by atoms with Gasteiger partial charge in [-0.2, -0.15) is 0 Å². The van der Waals surface area contributed by atoms with Gasteiger partial charge in [0.1, 0.15) is 5.60 Å². The molecule has 0 aromatic heterocycles. The van der Waals surface area contributed by atoms with Gasteiger partial charge in [-0.3, -0.25) is 0 Å². The van der Waals surface area contributed by atoms with Gasteiger partial charge in [-0.15, -0.1) is 0 Å². The minimum absolute atomic E-state index is 0.144.